The second kappa shape index (κ2) is 5.41. The molecule has 0 bridgehead atoms. The molecule has 2 heterocycles. The van der Waals surface area contributed by atoms with E-state index in [1.807, 2.05) is 13.0 Å². The van der Waals surface area contributed by atoms with Crippen molar-refractivity contribution in [2.24, 2.45) is 0 Å². The highest BCUT2D eigenvalue weighted by Crippen LogP contribution is 2.36. The molecule has 3 rings (SSSR count). The predicted molar refractivity (Wildman–Crippen MR) is 85.2 cm³/mol. The van der Waals surface area contributed by atoms with E-state index in [1.54, 1.807) is 24.3 Å². The normalized spacial score (nSPS) is 10.6. The first-order valence-corrected chi connectivity index (χ1v) is 7.07. The SMILES string of the molecule is Cc1cc(Cl)c(-n2nc(C#N)c(-c3ccco3)c2N)c(Cl)c1. The van der Waals surface area contributed by atoms with Crippen molar-refractivity contribution in [3.8, 4) is 23.1 Å². The lowest BCUT2D eigenvalue weighted by molar-refractivity contribution is 0.582. The Balaban J connectivity index is 2.29. The molecule has 0 aliphatic rings. The lowest BCUT2D eigenvalue weighted by Gasteiger charge is -2.10. The van der Waals surface area contributed by atoms with E-state index in [4.69, 9.17) is 33.4 Å². The quantitative estimate of drug-likeness (QED) is 0.762. The number of hydrogen-bond donors (Lipinski definition) is 1. The van der Waals surface area contributed by atoms with Gasteiger partial charge < -0.3 is 10.2 Å². The molecule has 7 heteroatoms. The number of aromatic nitrogens is 2. The zero-order valence-corrected chi connectivity index (χ0v) is 13.0. The fourth-order valence-corrected chi connectivity index (χ4v) is 2.99. The molecule has 5 nitrogen and oxygen atoms in total. The second-order valence-corrected chi connectivity index (χ2v) is 5.50. The van der Waals surface area contributed by atoms with E-state index in [9.17, 15) is 5.26 Å². The van der Waals surface area contributed by atoms with E-state index in [2.05, 4.69) is 5.10 Å². The lowest BCUT2D eigenvalue weighted by atomic mass is 10.2. The molecular formula is C15H10Cl2N4O. The van der Waals surface area contributed by atoms with Crippen molar-refractivity contribution in [2.75, 3.05) is 5.73 Å². The molecule has 0 aliphatic carbocycles. The number of rotatable bonds is 2. The highest BCUT2D eigenvalue weighted by molar-refractivity contribution is 6.37. The summed E-state index contributed by atoms with van der Waals surface area (Å²) in [6, 6.07) is 8.92. The molecule has 110 valence electrons. The van der Waals surface area contributed by atoms with Crippen molar-refractivity contribution < 1.29 is 4.42 Å². The van der Waals surface area contributed by atoms with Gasteiger partial charge in [-0.2, -0.15) is 10.4 Å². The third-order valence-corrected chi connectivity index (χ3v) is 3.74. The van der Waals surface area contributed by atoms with Gasteiger partial charge in [-0.25, -0.2) is 4.68 Å². The first kappa shape index (κ1) is 14.5. The molecule has 0 unspecified atom stereocenters. The van der Waals surface area contributed by atoms with Gasteiger partial charge in [-0.15, -0.1) is 0 Å². The van der Waals surface area contributed by atoms with Crippen LogP contribution in [0.2, 0.25) is 10.0 Å². The van der Waals surface area contributed by atoms with Gasteiger partial charge in [0.25, 0.3) is 0 Å². The summed E-state index contributed by atoms with van der Waals surface area (Å²) in [7, 11) is 0. The number of anilines is 1. The van der Waals surface area contributed by atoms with Crippen LogP contribution in [0, 0.1) is 18.3 Å². The number of benzene rings is 1. The number of nitrogen functional groups attached to an aromatic ring is 1. The summed E-state index contributed by atoms with van der Waals surface area (Å²) >= 11 is 12.5. The maximum Gasteiger partial charge on any atom is 0.176 e. The lowest BCUT2D eigenvalue weighted by Crippen LogP contribution is -2.04. The first-order valence-electron chi connectivity index (χ1n) is 6.31. The number of nitriles is 1. The van der Waals surface area contributed by atoms with E-state index >= 15 is 0 Å². The molecule has 0 amide bonds. The average Bonchev–Trinajstić information content (AvgIpc) is 3.06. The molecule has 22 heavy (non-hydrogen) atoms. The van der Waals surface area contributed by atoms with E-state index in [0.717, 1.165) is 5.56 Å². The third-order valence-electron chi connectivity index (χ3n) is 3.17. The van der Waals surface area contributed by atoms with Crippen LogP contribution in [0.3, 0.4) is 0 Å². The minimum absolute atomic E-state index is 0.139. The molecule has 0 saturated heterocycles. The maximum absolute atomic E-state index is 9.30. The zero-order valence-electron chi connectivity index (χ0n) is 11.5. The summed E-state index contributed by atoms with van der Waals surface area (Å²) in [5.41, 5.74) is 8.05. The molecule has 3 aromatic rings. The Morgan fingerprint density at radius 1 is 1.32 bits per heavy atom. The van der Waals surface area contributed by atoms with Gasteiger partial charge in [0.2, 0.25) is 0 Å². The fraction of sp³-hybridized carbons (Fsp3) is 0.0667. The summed E-state index contributed by atoms with van der Waals surface area (Å²) in [5.74, 6) is 0.693. The van der Waals surface area contributed by atoms with Crippen LogP contribution in [0.1, 0.15) is 11.3 Å². The molecule has 1 aromatic carbocycles. The van der Waals surface area contributed by atoms with Crippen LogP contribution in [-0.4, -0.2) is 9.78 Å². The highest BCUT2D eigenvalue weighted by Gasteiger charge is 2.22. The monoisotopic (exact) mass is 332 g/mol. The molecule has 0 radical (unpaired) electrons. The van der Waals surface area contributed by atoms with Crippen LogP contribution in [0.25, 0.3) is 17.0 Å². The van der Waals surface area contributed by atoms with Crippen LogP contribution in [0.15, 0.2) is 34.9 Å². The smallest absolute Gasteiger partial charge is 0.176 e. The van der Waals surface area contributed by atoms with Crippen molar-refractivity contribution >= 4 is 29.0 Å². The average molecular weight is 333 g/mol. The zero-order chi connectivity index (χ0) is 15.9. The van der Waals surface area contributed by atoms with Crippen molar-refractivity contribution in [1.82, 2.24) is 9.78 Å². The summed E-state index contributed by atoms with van der Waals surface area (Å²) in [6.45, 7) is 1.88. The third kappa shape index (κ3) is 2.23. The standard InChI is InChI=1S/C15H10Cl2N4O/c1-8-5-9(16)14(10(17)6-8)21-15(19)13(11(7-18)20-21)12-3-2-4-22-12/h2-6H,19H2,1H3. The van der Waals surface area contributed by atoms with Crippen LogP contribution in [-0.2, 0) is 0 Å². The Kier molecular flexibility index (Phi) is 3.57. The maximum atomic E-state index is 9.30. The molecular weight excluding hydrogens is 323 g/mol. The highest BCUT2D eigenvalue weighted by atomic mass is 35.5. The topological polar surface area (TPSA) is 80.8 Å². The molecule has 0 aliphatic heterocycles. The molecule has 2 aromatic heterocycles. The van der Waals surface area contributed by atoms with Gasteiger partial charge in [0, 0.05) is 0 Å². The number of aryl methyl sites for hydroxylation is 1. The van der Waals surface area contributed by atoms with Crippen LogP contribution >= 0.6 is 23.2 Å². The van der Waals surface area contributed by atoms with Crippen LogP contribution in [0.4, 0.5) is 5.82 Å². The Bertz CT molecular complexity index is 868. The van der Waals surface area contributed by atoms with Gasteiger partial charge in [0.05, 0.1) is 21.9 Å². The summed E-state index contributed by atoms with van der Waals surface area (Å²) < 4.78 is 6.68. The van der Waals surface area contributed by atoms with Gasteiger partial charge >= 0.3 is 0 Å². The van der Waals surface area contributed by atoms with Gasteiger partial charge in [-0.3, -0.25) is 0 Å². The van der Waals surface area contributed by atoms with E-state index < -0.39 is 0 Å². The number of nitrogens with two attached hydrogens (primary N) is 1. The molecule has 0 atom stereocenters. The molecule has 2 N–H and O–H groups in total. The van der Waals surface area contributed by atoms with Crippen molar-refractivity contribution in [3.05, 3.63) is 51.8 Å². The summed E-state index contributed by atoms with van der Waals surface area (Å²) in [6.07, 6.45) is 1.50. The van der Waals surface area contributed by atoms with Crippen LogP contribution in [0.5, 0.6) is 0 Å². The Morgan fingerprint density at radius 3 is 2.55 bits per heavy atom. The number of halogens is 2. The molecule has 0 fully saturated rings. The minimum Gasteiger partial charge on any atom is -0.464 e. The van der Waals surface area contributed by atoms with E-state index in [1.165, 1.54) is 10.9 Å². The van der Waals surface area contributed by atoms with Gasteiger partial charge in [-0.1, -0.05) is 23.2 Å². The Morgan fingerprint density at radius 2 is 2.00 bits per heavy atom. The van der Waals surface area contributed by atoms with Gasteiger partial charge in [0.15, 0.2) is 5.69 Å². The largest absolute Gasteiger partial charge is 0.464 e. The summed E-state index contributed by atoms with van der Waals surface area (Å²) in [4.78, 5) is 0. The van der Waals surface area contributed by atoms with Crippen LogP contribution < -0.4 is 5.73 Å². The van der Waals surface area contributed by atoms with Gasteiger partial charge in [0.1, 0.15) is 23.3 Å². The van der Waals surface area contributed by atoms with E-state index in [-0.39, 0.29) is 11.5 Å². The van der Waals surface area contributed by atoms with Gasteiger partial charge in [-0.05, 0) is 36.8 Å². The number of nitrogens with zero attached hydrogens (tertiary/aromatic N) is 3. The van der Waals surface area contributed by atoms with Crippen molar-refractivity contribution in [3.63, 3.8) is 0 Å². The molecule has 0 saturated carbocycles. The number of hydrogen-bond acceptors (Lipinski definition) is 4. The Hall–Kier alpha value is -2.42. The second-order valence-electron chi connectivity index (χ2n) is 4.69. The van der Waals surface area contributed by atoms with Crippen molar-refractivity contribution in [1.29, 1.82) is 5.26 Å². The first-order chi connectivity index (χ1) is 10.5. The fourth-order valence-electron chi connectivity index (χ4n) is 2.24. The predicted octanol–water partition coefficient (Wildman–Crippen LogP) is 4.20. The summed E-state index contributed by atoms with van der Waals surface area (Å²) in [5, 5.41) is 14.3. The van der Waals surface area contributed by atoms with Crippen molar-refractivity contribution in [2.45, 2.75) is 6.92 Å². The molecule has 0 spiro atoms. The van der Waals surface area contributed by atoms with E-state index in [0.29, 0.717) is 27.1 Å². The Labute approximate surface area is 136 Å². The minimum atomic E-state index is 0.139. The number of furan rings is 1.